The Morgan fingerprint density at radius 3 is 2.53 bits per heavy atom. The molecule has 0 saturated carbocycles. The van der Waals surface area contributed by atoms with Crippen LogP contribution in [-0.4, -0.2) is 5.11 Å². The molecular formula is C15H23BrO. The van der Waals surface area contributed by atoms with E-state index in [0.29, 0.717) is 0 Å². The summed E-state index contributed by atoms with van der Waals surface area (Å²) >= 11 is 3.51. The molecule has 1 unspecified atom stereocenters. The summed E-state index contributed by atoms with van der Waals surface area (Å²) in [7, 11) is 0. The van der Waals surface area contributed by atoms with Gasteiger partial charge in [-0.05, 0) is 30.5 Å². The number of aryl methyl sites for hydroxylation is 1. The largest absolute Gasteiger partial charge is 0.388 e. The molecule has 0 aliphatic heterocycles. The van der Waals surface area contributed by atoms with Crippen LogP contribution in [0.2, 0.25) is 0 Å². The van der Waals surface area contributed by atoms with Crippen molar-refractivity contribution in [2.75, 3.05) is 0 Å². The average Bonchev–Trinajstić information content (AvgIpc) is 2.32. The molecule has 17 heavy (non-hydrogen) atoms. The van der Waals surface area contributed by atoms with Gasteiger partial charge in [0, 0.05) is 4.47 Å². The van der Waals surface area contributed by atoms with Crippen LogP contribution in [0, 0.1) is 6.92 Å². The van der Waals surface area contributed by atoms with Crippen LogP contribution in [0.25, 0.3) is 0 Å². The van der Waals surface area contributed by atoms with Crippen molar-refractivity contribution in [1.82, 2.24) is 0 Å². The topological polar surface area (TPSA) is 20.2 Å². The lowest BCUT2D eigenvalue weighted by molar-refractivity contribution is 0.163. The zero-order chi connectivity index (χ0) is 12.7. The number of benzene rings is 1. The maximum absolute atomic E-state index is 10.1. The number of halogens is 1. The number of unbranched alkanes of at least 4 members (excludes halogenated alkanes) is 4. The Hall–Kier alpha value is -0.340. The Morgan fingerprint density at radius 1 is 1.18 bits per heavy atom. The number of hydrogen-bond donors (Lipinski definition) is 1. The molecule has 0 bridgehead atoms. The van der Waals surface area contributed by atoms with Crippen LogP contribution in [0.5, 0.6) is 0 Å². The molecule has 1 aromatic rings. The van der Waals surface area contributed by atoms with Crippen LogP contribution in [0.1, 0.15) is 62.7 Å². The van der Waals surface area contributed by atoms with Gasteiger partial charge in [-0.1, -0.05) is 67.1 Å². The Bertz CT molecular complexity index is 336. The first-order valence-electron chi connectivity index (χ1n) is 6.59. The van der Waals surface area contributed by atoms with E-state index in [-0.39, 0.29) is 6.10 Å². The van der Waals surface area contributed by atoms with Crippen molar-refractivity contribution in [2.24, 2.45) is 0 Å². The molecule has 0 heterocycles. The molecule has 0 fully saturated rings. The number of aliphatic hydroxyl groups is 1. The minimum Gasteiger partial charge on any atom is -0.388 e. The summed E-state index contributed by atoms with van der Waals surface area (Å²) in [6, 6.07) is 6.11. The Morgan fingerprint density at radius 2 is 1.88 bits per heavy atom. The summed E-state index contributed by atoms with van der Waals surface area (Å²) in [5, 5.41) is 10.1. The summed E-state index contributed by atoms with van der Waals surface area (Å²) in [6.07, 6.45) is 6.79. The van der Waals surface area contributed by atoms with Crippen molar-refractivity contribution in [3.8, 4) is 0 Å². The highest BCUT2D eigenvalue weighted by Crippen LogP contribution is 2.25. The second-order valence-electron chi connectivity index (χ2n) is 4.73. The Labute approximate surface area is 113 Å². The van der Waals surface area contributed by atoms with Gasteiger partial charge in [0.1, 0.15) is 0 Å². The zero-order valence-electron chi connectivity index (χ0n) is 10.9. The SMILES string of the molecule is CCCCCCCC(O)c1ccc(C)c(Br)c1. The lowest BCUT2D eigenvalue weighted by atomic mass is 10.0. The van der Waals surface area contributed by atoms with Crippen molar-refractivity contribution in [1.29, 1.82) is 0 Å². The highest BCUT2D eigenvalue weighted by molar-refractivity contribution is 9.10. The predicted molar refractivity (Wildman–Crippen MR) is 77.2 cm³/mol. The van der Waals surface area contributed by atoms with Crippen LogP contribution in [0.4, 0.5) is 0 Å². The van der Waals surface area contributed by atoms with Gasteiger partial charge in [-0.25, -0.2) is 0 Å². The van der Waals surface area contributed by atoms with Gasteiger partial charge in [-0.2, -0.15) is 0 Å². The number of rotatable bonds is 7. The van der Waals surface area contributed by atoms with Crippen molar-refractivity contribution in [3.63, 3.8) is 0 Å². The highest BCUT2D eigenvalue weighted by atomic mass is 79.9. The zero-order valence-corrected chi connectivity index (χ0v) is 12.5. The summed E-state index contributed by atoms with van der Waals surface area (Å²) in [5.74, 6) is 0. The van der Waals surface area contributed by atoms with E-state index >= 15 is 0 Å². The van der Waals surface area contributed by atoms with Crippen LogP contribution in [-0.2, 0) is 0 Å². The molecule has 1 aromatic carbocycles. The van der Waals surface area contributed by atoms with Crippen LogP contribution < -0.4 is 0 Å². The third-order valence-corrected chi connectivity index (χ3v) is 4.02. The van der Waals surface area contributed by atoms with E-state index in [1.54, 1.807) is 0 Å². The quantitative estimate of drug-likeness (QED) is 0.690. The van der Waals surface area contributed by atoms with Gasteiger partial charge in [-0.15, -0.1) is 0 Å². The van der Waals surface area contributed by atoms with E-state index in [9.17, 15) is 5.11 Å². The summed E-state index contributed by atoms with van der Waals surface area (Å²) in [6.45, 7) is 4.28. The van der Waals surface area contributed by atoms with Crippen LogP contribution in [0.3, 0.4) is 0 Å². The Kier molecular flexibility index (Phi) is 6.83. The van der Waals surface area contributed by atoms with Crippen molar-refractivity contribution in [2.45, 2.75) is 58.5 Å². The first kappa shape index (κ1) is 14.7. The summed E-state index contributed by atoms with van der Waals surface area (Å²) in [5.41, 5.74) is 2.24. The third-order valence-electron chi connectivity index (χ3n) is 3.16. The molecule has 0 radical (unpaired) electrons. The molecule has 0 aromatic heterocycles. The highest BCUT2D eigenvalue weighted by Gasteiger charge is 2.08. The lowest BCUT2D eigenvalue weighted by Crippen LogP contribution is -1.98. The van der Waals surface area contributed by atoms with E-state index in [1.165, 1.54) is 31.2 Å². The molecule has 0 saturated heterocycles. The van der Waals surface area contributed by atoms with E-state index in [4.69, 9.17) is 0 Å². The van der Waals surface area contributed by atoms with Crippen LogP contribution in [0.15, 0.2) is 22.7 Å². The summed E-state index contributed by atoms with van der Waals surface area (Å²) in [4.78, 5) is 0. The fourth-order valence-electron chi connectivity index (χ4n) is 1.92. The summed E-state index contributed by atoms with van der Waals surface area (Å²) < 4.78 is 1.08. The molecule has 96 valence electrons. The van der Waals surface area contributed by atoms with Gasteiger partial charge in [0.15, 0.2) is 0 Å². The minimum absolute atomic E-state index is 0.312. The molecule has 0 spiro atoms. The number of aliphatic hydroxyl groups excluding tert-OH is 1. The fourth-order valence-corrected chi connectivity index (χ4v) is 2.32. The lowest BCUT2D eigenvalue weighted by Gasteiger charge is -2.12. The standard InChI is InChI=1S/C15H23BrO/c1-3-4-5-6-7-8-15(17)13-10-9-12(2)14(16)11-13/h9-11,15,17H,3-8H2,1-2H3. The second-order valence-corrected chi connectivity index (χ2v) is 5.58. The molecule has 0 aliphatic carbocycles. The van der Waals surface area contributed by atoms with Gasteiger partial charge in [-0.3, -0.25) is 0 Å². The molecule has 0 amide bonds. The molecule has 0 aliphatic rings. The van der Waals surface area contributed by atoms with Crippen molar-refractivity contribution < 1.29 is 5.11 Å². The van der Waals surface area contributed by atoms with Crippen molar-refractivity contribution in [3.05, 3.63) is 33.8 Å². The maximum Gasteiger partial charge on any atom is 0.0790 e. The van der Waals surface area contributed by atoms with Gasteiger partial charge in [0.05, 0.1) is 6.10 Å². The van der Waals surface area contributed by atoms with E-state index in [0.717, 1.165) is 22.9 Å². The number of hydrogen-bond acceptors (Lipinski definition) is 1. The van der Waals surface area contributed by atoms with E-state index in [2.05, 4.69) is 35.8 Å². The first-order chi connectivity index (χ1) is 8.15. The maximum atomic E-state index is 10.1. The Balaban J connectivity index is 2.36. The fraction of sp³-hybridized carbons (Fsp3) is 0.600. The van der Waals surface area contributed by atoms with E-state index in [1.807, 2.05) is 12.1 Å². The normalized spacial score (nSPS) is 12.7. The monoisotopic (exact) mass is 298 g/mol. The minimum atomic E-state index is -0.312. The smallest absolute Gasteiger partial charge is 0.0790 e. The average molecular weight is 299 g/mol. The molecule has 1 atom stereocenters. The van der Waals surface area contributed by atoms with Gasteiger partial charge in [0.2, 0.25) is 0 Å². The molecular weight excluding hydrogens is 276 g/mol. The van der Waals surface area contributed by atoms with Gasteiger partial charge < -0.3 is 5.11 Å². The molecule has 2 heteroatoms. The molecule has 1 nitrogen and oxygen atoms in total. The van der Waals surface area contributed by atoms with Gasteiger partial charge in [0.25, 0.3) is 0 Å². The van der Waals surface area contributed by atoms with E-state index < -0.39 is 0 Å². The van der Waals surface area contributed by atoms with Crippen molar-refractivity contribution >= 4 is 15.9 Å². The first-order valence-corrected chi connectivity index (χ1v) is 7.38. The second kappa shape index (κ2) is 7.88. The van der Waals surface area contributed by atoms with Crippen LogP contribution >= 0.6 is 15.9 Å². The van der Waals surface area contributed by atoms with Gasteiger partial charge >= 0.3 is 0 Å². The molecule has 1 N–H and O–H groups in total. The predicted octanol–water partition coefficient (Wildman–Crippen LogP) is 5.15. The third kappa shape index (κ3) is 5.22. The molecule has 1 rings (SSSR count).